The lowest BCUT2D eigenvalue weighted by atomic mass is 10.1. The molecular formula is C19H26F3NO5. The van der Waals surface area contributed by atoms with Crippen LogP contribution in [0.4, 0.5) is 13.2 Å². The van der Waals surface area contributed by atoms with Crippen molar-refractivity contribution in [2.45, 2.75) is 44.7 Å². The zero-order valence-electron chi connectivity index (χ0n) is 15.5. The Labute approximate surface area is 161 Å². The van der Waals surface area contributed by atoms with Crippen LogP contribution in [0.15, 0.2) is 24.3 Å². The number of carboxylic acids is 2. The van der Waals surface area contributed by atoms with E-state index in [4.69, 9.17) is 19.7 Å². The average Bonchev–Trinajstić information content (AvgIpc) is 3.14. The van der Waals surface area contributed by atoms with Crippen LogP contribution in [0, 0.1) is 5.92 Å². The van der Waals surface area contributed by atoms with E-state index in [9.17, 15) is 18.0 Å². The Morgan fingerprint density at radius 1 is 1.07 bits per heavy atom. The molecule has 28 heavy (non-hydrogen) atoms. The van der Waals surface area contributed by atoms with Gasteiger partial charge < -0.3 is 20.3 Å². The number of benzene rings is 1. The third-order valence-corrected chi connectivity index (χ3v) is 4.23. The summed E-state index contributed by atoms with van der Waals surface area (Å²) in [5.41, 5.74) is 1.24. The zero-order chi connectivity index (χ0) is 21.0. The highest BCUT2D eigenvalue weighted by Gasteiger charge is 2.38. The maximum absolute atomic E-state index is 10.6. The molecule has 0 bridgehead atoms. The van der Waals surface area contributed by atoms with E-state index in [2.05, 4.69) is 17.4 Å². The number of nitrogens with one attached hydrogen (secondary N) is 1. The number of carboxylic acid groups (broad SMARTS) is 2. The van der Waals surface area contributed by atoms with E-state index in [-0.39, 0.29) is 6.42 Å². The molecule has 1 aromatic rings. The maximum Gasteiger partial charge on any atom is 0.490 e. The lowest BCUT2D eigenvalue weighted by molar-refractivity contribution is -0.192. The van der Waals surface area contributed by atoms with Crippen LogP contribution in [0.3, 0.4) is 0 Å². The van der Waals surface area contributed by atoms with Crippen molar-refractivity contribution in [3.8, 4) is 5.75 Å². The predicted octanol–water partition coefficient (Wildman–Crippen LogP) is 3.50. The van der Waals surface area contributed by atoms with Gasteiger partial charge in [0.2, 0.25) is 0 Å². The van der Waals surface area contributed by atoms with Gasteiger partial charge in [0.15, 0.2) is 0 Å². The molecule has 0 saturated heterocycles. The highest BCUT2D eigenvalue weighted by molar-refractivity contribution is 5.73. The van der Waals surface area contributed by atoms with Gasteiger partial charge in [-0.25, -0.2) is 4.79 Å². The van der Waals surface area contributed by atoms with E-state index in [1.54, 1.807) is 0 Å². The number of aliphatic carboxylic acids is 2. The maximum atomic E-state index is 10.6. The topological polar surface area (TPSA) is 95.9 Å². The Kier molecular flexibility index (Phi) is 10.4. The van der Waals surface area contributed by atoms with Crippen molar-refractivity contribution in [3.63, 3.8) is 0 Å². The first-order chi connectivity index (χ1) is 13.2. The first-order valence-corrected chi connectivity index (χ1v) is 9.13. The molecule has 9 heteroatoms. The average molecular weight is 405 g/mol. The number of carbonyl (C=O) groups is 2. The molecule has 1 aliphatic carbocycles. The van der Waals surface area contributed by atoms with E-state index in [1.807, 2.05) is 12.1 Å². The van der Waals surface area contributed by atoms with Crippen LogP contribution in [-0.2, 0) is 16.0 Å². The third-order valence-electron chi connectivity index (χ3n) is 4.23. The highest BCUT2D eigenvalue weighted by atomic mass is 19.4. The minimum Gasteiger partial charge on any atom is -0.493 e. The zero-order valence-corrected chi connectivity index (χ0v) is 15.5. The summed E-state index contributed by atoms with van der Waals surface area (Å²) >= 11 is 0. The van der Waals surface area contributed by atoms with Gasteiger partial charge >= 0.3 is 18.1 Å². The number of halogens is 3. The summed E-state index contributed by atoms with van der Waals surface area (Å²) in [5.74, 6) is -1.83. The number of hydrogen-bond donors (Lipinski definition) is 3. The van der Waals surface area contributed by atoms with E-state index in [1.165, 1.54) is 31.2 Å². The molecule has 0 heterocycles. The van der Waals surface area contributed by atoms with Crippen molar-refractivity contribution in [2.24, 2.45) is 5.92 Å². The molecule has 1 aliphatic rings. The van der Waals surface area contributed by atoms with E-state index in [0.717, 1.165) is 31.2 Å². The van der Waals surface area contributed by atoms with Crippen LogP contribution in [0.5, 0.6) is 5.75 Å². The Morgan fingerprint density at radius 3 is 2.14 bits per heavy atom. The SMILES string of the molecule is O=C(O)C(F)(F)F.O=C(O)CCNCCc1ccc(OCC2CCCC2)cc1. The standard InChI is InChI=1S/C17H25NO3.C2HF3O2/c19-17(20)10-12-18-11-9-14-5-7-16(8-6-14)21-13-15-3-1-2-4-15;3-2(4,5)1(6)7/h5-8,15,18H,1-4,9-13H2,(H,19,20);(H,6,7). The Hall–Kier alpha value is -2.29. The van der Waals surface area contributed by atoms with Crippen molar-refractivity contribution in [2.75, 3.05) is 19.7 Å². The Morgan fingerprint density at radius 2 is 1.64 bits per heavy atom. The third kappa shape index (κ3) is 10.8. The normalized spacial score (nSPS) is 14.2. The molecule has 0 aliphatic heterocycles. The van der Waals surface area contributed by atoms with Crippen LogP contribution in [0.1, 0.15) is 37.7 Å². The minimum atomic E-state index is -5.08. The quantitative estimate of drug-likeness (QED) is 0.545. The molecule has 1 saturated carbocycles. The van der Waals surface area contributed by atoms with Crippen LogP contribution in [0.2, 0.25) is 0 Å². The van der Waals surface area contributed by atoms with Crippen LogP contribution in [0.25, 0.3) is 0 Å². The second kappa shape index (κ2) is 12.2. The molecule has 0 spiro atoms. The number of hydrogen-bond acceptors (Lipinski definition) is 4. The van der Waals surface area contributed by atoms with Crippen LogP contribution >= 0.6 is 0 Å². The summed E-state index contributed by atoms with van der Waals surface area (Å²) in [7, 11) is 0. The van der Waals surface area contributed by atoms with Gasteiger partial charge in [0.05, 0.1) is 13.0 Å². The van der Waals surface area contributed by atoms with Gasteiger partial charge in [0.25, 0.3) is 0 Å². The van der Waals surface area contributed by atoms with Gasteiger partial charge in [0.1, 0.15) is 5.75 Å². The first-order valence-electron chi connectivity index (χ1n) is 9.13. The Bertz CT molecular complexity index is 599. The molecule has 0 atom stereocenters. The smallest absolute Gasteiger partial charge is 0.490 e. The second-order valence-corrected chi connectivity index (χ2v) is 6.55. The molecule has 0 unspecified atom stereocenters. The largest absolute Gasteiger partial charge is 0.493 e. The molecule has 0 radical (unpaired) electrons. The van der Waals surface area contributed by atoms with E-state index < -0.39 is 18.1 Å². The summed E-state index contributed by atoms with van der Waals surface area (Å²) in [5, 5.41) is 18.8. The lowest BCUT2D eigenvalue weighted by Gasteiger charge is -2.11. The summed E-state index contributed by atoms with van der Waals surface area (Å²) < 4.78 is 37.6. The molecule has 6 nitrogen and oxygen atoms in total. The van der Waals surface area contributed by atoms with Crippen LogP contribution in [-0.4, -0.2) is 48.0 Å². The van der Waals surface area contributed by atoms with Gasteiger partial charge in [0, 0.05) is 6.54 Å². The van der Waals surface area contributed by atoms with Gasteiger partial charge in [-0.2, -0.15) is 13.2 Å². The van der Waals surface area contributed by atoms with E-state index >= 15 is 0 Å². The van der Waals surface area contributed by atoms with Gasteiger partial charge in [-0.1, -0.05) is 25.0 Å². The fourth-order valence-electron chi connectivity index (χ4n) is 2.70. The van der Waals surface area contributed by atoms with Gasteiger partial charge in [-0.3, -0.25) is 4.79 Å². The molecular weight excluding hydrogens is 379 g/mol. The van der Waals surface area contributed by atoms with E-state index in [0.29, 0.717) is 6.54 Å². The van der Waals surface area contributed by atoms with Crippen molar-refractivity contribution in [1.29, 1.82) is 0 Å². The molecule has 0 aromatic heterocycles. The lowest BCUT2D eigenvalue weighted by Crippen LogP contribution is -2.21. The molecule has 3 N–H and O–H groups in total. The molecule has 1 fully saturated rings. The van der Waals surface area contributed by atoms with Crippen molar-refractivity contribution >= 4 is 11.9 Å². The molecule has 2 rings (SSSR count). The van der Waals surface area contributed by atoms with Crippen LogP contribution < -0.4 is 10.1 Å². The molecule has 0 amide bonds. The predicted molar refractivity (Wildman–Crippen MR) is 96.4 cm³/mol. The van der Waals surface area contributed by atoms with Crippen molar-refractivity contribution in [1.82, 2.24) is 5.32 Å². The first kappa shape index (κ1) is 23.7. The summed E-state index contributed by atoms with van der Waals surface area (Å²) in [6.45, 7) is 2.17. The monoisotopic (exact) mass is 405 g/mol. The number of alkyl halides is 3. The fraction of sp³-hybridized carbons (Fsp3) is 0.579. The second-order valence-electron chi connectivity index (χ2n) is 6.55. The number of ether oxygens (including phenoxy) is 1. The van der Waals surface area contributed by atoms with Crippen molar-refractivity contribution < 1.29 is 37.7 Å². The summed E-state index contributed by atoms with van der Waals surface area (Å²) in [6, 6.07) is 8.23. The summed E-state index contributed by atoms with van der Waals surface area (Å²) in [6.07, 6.45) is 1.31. The van der Waals surface area contributed by atoms with Gasteiger partial charge in [-0.15, -0.1) is 0 Å². The molecule has 1 aromatic carbocycles. The molecule has 158 valence electrons. The Balaban J connectivity index is 0.000000480. The summed E-state index contributed by atoms with van der Waals surface area (Å²) in [4.78, 5) is 19.3. The highest BCUT2D eigenvalue weighted by Crippen LogP contribution is 2.25. The number of rotatable bonds is 9. The van der Waals surface area contributed by atoms with Gasteiger partial charge in [-0.05, 0) is 49.4 Å². The minimum absolute atomic E-state index is 0.175. The fourth-order valence-corrected chi connectivity index (χ4v) is 2.70. The van der Waals surface area contributed by atoms with Crippen molar-refractivity contribution in [3.05, 3.63) is 29.8 Å².